The summed E-state index contributed by atoms with van der Waals surface area (Å²) < 4.78 is 17.8. The molecule has 0 bridgehead atoms. The fourth-order valence-corrected chi connectivity index (χ4v) is 1.43. The summed E-state index contributed by atoms with van der Waals surface area (Å²) in [6, 6.07) is 6.11. The van der Waals surface area contributed by atoms with Gasteiger partial charge in [0.2, 0.25) is 0 Å². The van der Waals surface area contributed by atoms with Crippen LogP contribution in [-0.4, -0.2) is 11.7 Å². The van der Waals surface area contributed by atoms with Crippen LogP contribution in [-0.2, 0) is 6.42 Å². The monoisotopic (exact) mass is 206 g/mol. The molecule has 0 aliphatic carbocycles. The molecule has 78 valence electrons. The van der Waals surface area contributed by atoms with E-state index in [4.69, 9.17) is 10.3 Å². The summed E-state index contributed by atoms with van der Waals surface area (Å²) in [7, 11) is 0. The first kappa shape index (κ1) is 9.86. The molecule has 0 atom stereocenters. The topological polar surface area (TPSA) is 52.0 Å². The number of nitrogens with zero attached hydrogens (tertiary/aromatic N) is 1. The van der Waals surface area contributed by atoms with E-state index in [0.717, 1.165) is 11.1 Å². The van der Waals surface area contributed by atoms with Gasteiger partial charge in [-0.05, 0) is 37.2 Å². The van der Waals surface area contributed by atoms with Crippen molar-refractivity contribution in [1.29, 1.82) is 0 Å². The molecule has 0 saturated heterocycles. The zero-order chi connectivity index (χ0) is 10.7. The lowest BCUT2D eigenvalue weighted by atomic mass is 10.1. The molecular weight excluding hydrogens is 195 g/mol. The molecule has 0 saturated carbocycles. The number of hydrogen-bond donors (Lipinski definition) is 1. The highest BCUT2D eigenvalue weighted by Gasteiger charge is 2.09. The van der Waals surface area contributed by atoms with Gasteiger partial charge in [-0.25, -0.2) is 4.39 Å². The number of nitrogens with two attached hydrogens (primary N) is 1. The van der Waals surface area contributed by atoms with Gasteiger partial charge in [-0.1, -0.05) is 5.16 Å². The summed E-state index contributed by atoms with van der Waals surface area (Å²) in [4.78, 5) is 0. The van der Waals surface area contributed by atoms with E-state index in [1.807, 2.05) is 0 Å². The van der Waals surface area contributed by atoms with Crippen molar-refractivity contribution in [2.75, 3.05) is 6.54 Å². The molecule has 0 fully saturated rings. The van der Waals surface area contributed by atoms with Gasteiger partial charge in [0.05, 0.1) is 6.20 Å². The zero-order valence-electron chi connectivity index (χ0n) is 8.11. The molecule has 0 aliphatic heterocycles. The molecule has 2 rings (SSSR count). The smallest absolute Gasteiger partial charge is 0.170 e. The Kier molecular flexibility index (Phi) is 2.78. The van der Waals surface area contributed by atoms with Gasteiger partial charge in [-0.15, -0.1) is 0 Å². The van der Waals surface area contributed by atoms with Crippen LogP contribution in [0.5, 0.6) is 0 Å². The van der Waals surface area contributed by atoms with Gasteiger partial charge in [0.25, 0.3) is 0 Å². The summed E-state index contributed by atoms with van der Waals surface area (Å²) in [5, 5.41) is 3.72. The number of hydrogen-bond acceptors (Lipinski definition) is 3. The second-order valence-corrected chi connectivity index (χ2v) is 3.23. The minimum Gasteiger partial charge on any atom is -0.356 e. The molecule has 0 unspecified atom stereocenters. The van der Waals surface area contributed by atoms with Crippen LogP contribution in [0.3, 0.4) is 0 Å². The first-order chi connectivity index (χ1) is 7.31. The van der Waals surface area contributed by atoms with E-state index in [1.165, 1.54) is 12.1 Å². The number of aromatic nitrogens is 1. The lowest BCUT2D eigenvalue weighted by molar-refractivity contribution is 0.431. The molecule has 1 aromatic carbocycles. The Morgan fingerprint density at radius 2 is 2.00 bits per heavy atom. The zero-order valence-corrected chi connectivity index (χ0v) is 8.11. The molecule has 4 heteroatoms. The van der Waals surface area contributed by atoms with Crippen molar-refractivity contribution >= 4 is 0 Å². The maximum Gasteiger partial charge on any atom is 0.170 e. The third-order valence-electron chi connectivity index (χ3n) is 2.16. The molecule has 0 radical (unpaired) electrons. The maximum atomic E-state index is 12.7. The fourth-order valence-electron chi connectivity index (χ4n) is 1.43. The first-order valence-electron chi connectivity index (χ1n) is 4.71. The standard InChI is InChI=1S/C11H11FN2O/c12-10-3-1-8(2-4-10)11-9(5-6-13)7-14-15-11/h1-4,7H,5-6,13H2. The van der Waals surface area contributed by atoms with Gasteiger partial charge in [-0.2, -0.15) is 0 Å². The SMILES string of the molecule is NCCc1cnoc1-c1ccc(F)cc1. The van der Waals surface area contributed by atoms with Crippen LogP contribution in [0.2, 0.25) is 0 Å². The van der Waals surface area contributed by atoms with Crippen molar-refractivity contribution in [3.05, 3.63) is 41.8 Å². The third-order valence-corrected chi connectivity index (χ3v) is 2.16. The van der Waals surface area contributed by atoms with Crippen molar-refractivity contribution in [1.82, 2.24) is 5.16 Å². The highest BCUT2D eigenvalue weighted by molar-refractivity contribution is 5.60. The van der Waals surface area contributed by atoms with Crippen LogP contribution in [0, 0.1) is 5.82 Å². The van der Waals surface area contributed by atoms with E-state index in [0.29, 0.717) is 18.7 Å². The predicted octanol–water partition coefficient (Wildman–Crippen LogP) is 1.98. The van der Waals surface area contributed by atoms with Gasteiger partial charge >= 0.3 is 0 Å². The molecular formula is C11H11FN2O. The molecule has 0 aliphatic rings. The van der Waals surface area contributed by atoms with E-state index < -0.39 is 0 Å². The molecule has 0 amide bonds. The van der Waals surface area contributed by atoms with Crippen molar-refractivity contribution in [2.45, 2.75) is 6.42 Å². The number of halogens is 1. The highest BCUT2D eigenvalue weighted by Crippen LogP contribution is 2.23. The Bertz CT molecular complexity index is 436. The summed E-state index contributed by atoms with van der Waals surface area (Å²) in [6.45, 7) is 0.537. The van der Waals surface area contributed by atoms with Gasteiger partial charge < -0.3 is 10.3 Å². The fraction of sp³-hybridized carbons (Fsp3) is 0.182. The average Bonchev–Trinajstić information content (AvgIpc) is 2.68. The van der Waals surface area contributed by atoms with Crippen LogP contribution in [0.15, 0.2) is 35.0 Å². The Hall–Kier alpha value is -1.68. The van der Waals surface area contributed by atoms with Gasteiger partial charge in [-0.3, -0.25) is 0 Å². The van der Waals surface area contributed by atoms with Crippen LogP contribution < -0.4 is 5.73 Å². The molecule has 2 N–H and O–H groups in total. The van der Waals surface area contributed by atoms with Crippen molar-refractivity contribution in [3.8, 4) is 11.3 Å². The van der Waals surface area contributed by atoms with Crippen molar-refractivity contribution < 1.29 is 8.91 Å². The lowest BCUT2D eigenvalue weighted by Gasteiger charge is -1.99. The average molecular weight is 206 g/mol. The summed E-state index contributed by atoms with van der Waals surface area (Å²) in [5.41, 5.74) is 7.23. The second-order valence-electron chi connectivity index (χ2n) is 3.23. The molecule has 15 heavy (non-hydrogen) atoms. The second kappa shape index (κ2) is 4.23. The Labute approximate surface area is 86.7 Å². The molecule has 0 spiro atoms. The van der Waals surface area contributed by atoms with Crippen LogP contribution in [0.1, 0.15) is 5.56 Å². The first-order valence-corrected chi connectivity index (χ1v) is 4.71. The molecule has 3 nitrogen and oxygen atoms in total. The van der Waals surface area contributed by atoms with Crippen LogP contribution in [0.25, 0.3) is 11.3 Å². The van der Waals surface area contributed by atoms with Gasteiger partial charge in [0.15, 0.2) is 5.76 Å². The molecule has 1 aromatic heterocycles. The van der Waals surface area contributed by atoms with Crippen molar-refractivity contribution in [3.63, 3.8) is 0 Å². The number of rotatable bonds is 3. The highest BCUT2D eigenvalue weighted by atomic mass is 19.1. The largest absolute Gasteiger partial charge is 0.356 e. The number of benzene rings is 1. The Morgan fingerprint density at radius 1 is 1.27 bits per heavy atom. The van der Waals surface area contributed by atoms with Crippen LogP contribution in [0.4, 0.5) is 4.39 Å². The Morgan fingerprint density at radius 3 is 2.67 bits per heavy atom. The lowest BCUT2D eigenvalue weighted by Crippen LogP contribution is -2.02. The maximum absolute atomic E-state index is 12.7. The van der Waals surface area contributed by atoms with E-state index in [1.54, 1.807) is 18.3 Å². The molecule has 2 aromatic rings. The van der Waals surface area contributed by atoms with Gasteiger partial charge in [0.1, 0.15) is 5.82 Å². The normalized spacial score (nSPS) is 10.5. The third kappa shape index (κ3) is 2.05. The Balaban J connectivity index is 2.36. The minimum absolute atomic E-state index is 0.265. The summed E-state index contributed by atoms with van der Waals surface area (Å²) >= 11 is 0. The van der Waals surface area contributed by atoms with E-state index in [2.05, 4.69) is 5.16 Å². The van der Waals surface area contributed by atoms with E-state index in [-0.39, 0.29) is 5.82 Å². The summed E-state index contributed by atoms with van der Waals surface area (Å²) in [6.07, 6.45) is 2.35. The summed E-state index contributed by atoms with van der Waals surface area (Å²) in [5.74, 6) is 0.402. The van der Waals surface area contributed by atoms with Gasteiger partial charge in [0, 0.05) is 11.1 Å². The van der Waals surface area contributed by atoms with E-state index >= 15 is 0 Å². The quantitative estimate of drug-likeness (QED) is 0.835. The predicted molar refractivity (Wildman–Crippen MR) is 54.7 cm³/mol. The molecule has 1 heterocycles. The van der Waals surface area contributed by atoms with E-state index in [9.17, 15) is 4.39 Å². The van der Waals surface area contributed by atoms with Crippen molar-refractivity contribution in [2.24, 2.45) is 5.73 Å². The van der Waals surface area contributed by atoms with Crippen LogP contribution >= 0.6 is 0 Å². The minimum atomic E-state index is -0.265.